The van der Waals surface area contributed by atoms with Gasteiger partial charge in [-0.1, -0.05) is 0 Å². The first-order chi connectivity index (χ1) is 8.66. The topological polar surface area (TPSA) is 89.9 Å². The van der Waals surface area contributed by atoms with Gasteiger partial charge in [-0.25, -0.2) is 9.78 Å². The van der Waals surface area contributed by atoms with Crippen LogP contribution in [0.2, 0.25) is 0 Å². The molecule has 1 saturated heterocycles. The van der Waals surface area contributed by atoms with Gasteiger partial charge in [0, 0.05) is 24.4 Å². The number of hydrogen-bond acceptors (Lipinski definition) is 4. The second-order valence-corrected chi connectivity index (χ2v) is 4.40. The summed E-state index contributed by atoms with van der Waals surface area (Å²) in [5, 5.41) is 9.18. The van der Waals surface area contributed by atoms with E-state index in [2.05, 4.69) is 4.98 Å². The molecular weight excluding hydrogens is 234 g/mol. The number of aromatic carboxylic acids is 1. The minimum atomic E-state index is -1.04. The van der Waals surface area contributed by atoms with E-state index in [0.717, 1.165) is 12.2 Å². The minimum absolute atomic E-state index is 0.0456. The van der Waals surface area contributed by atoms with Crippen molar-refractivity contribution in [2.45, 2.75) is 12.3 Å². The van der Waals surface area contributed by atoms with E-state index >= 15 is 0 Å². The number of imidazole rings is 1. The smallest absolute Gasteiger partial charge is 0.356 e. The molecule has 1 fully saturated rings. The summed E-state index contributed by atoms with van der Waals surface area (Å²) in [6.45, 7) is 1.28. The lowest BCUT2D eigenvalue weighted by molar-refractivity contribution is 0.0693. The maximum absolute atomic E-state index is 11.2. The summed E-state index contributed by atoms with van der Waals surface area (Å²) in [5.74, 6) is -0.155. The Balaban J connectivity index is 2.22. The van der Waals surface area contributed by atoms with Crippen LogP contribution < -0.4 is 5.73 Å². The number of anilines is 1. The Morgan fingerprint density at radius 2 is 2.44 bits per heavy atom. The molecule has 2 aromatic rings. The molecule has 0 radical (unpaired) electrons. The Bertz CT molecular complexity index is 614. The highest BCUT2D eigenvalue weighted by atomic mass is 16.5. The zero-order valence-electron chi connectivity index (χ0n) is 9.67. The zero-order chi connectivity index (χ0) is 12.7. The van der Waals surface area contributed by atoms with Crippen molar-refractivity contribution in [1.29, 1.82) is 0 Å². The molecule has 6 nitrogen and oxygen atoms in total. The van der Waals surface area contributed by atoms with Crippen LogP contribution in [0.3, 0.4) is 0 Å². The number of nitrogens with zero attached hydrogens (tertiary/aromatic N) is 2. The van der Waals surface area contributed by atoms with E-state index in [-0.39, 0.29) is 11.6 Å². The first-order valence-electron chi connectivity index (χ1n) is 5.75. The van der Waals surface area contributed by atoms with Gasteiger partial charge in [-0.2, -0.15) is 0 Å². The molecule has 1 atom stereocenters. The first kappa shape index (κ1) is 11.0. The van der Waals surface area contributed by atoms with Crippen LogP contribution in [0.5, 0.6) is 0 Å². The molecule has 94 valence electrons. The van der Waals surface area contributed by atoms with Gasteiger partial charge in [0.2, 0.25) is 0 Å². The third kappa shape index (κ3) is 1.62. The molecule has 1 unspecified atom stereocenters. The molecule has 18 heavy (non-hydrogen) atoms. The summed E-state index contributed by atoms with van der Waals surface area (Å²) in [6, 6.07) is 3.37. The summed E-state index contributed by atoms with van der Waals surface area (Å²) < 4.78 is 7.12. The van der Waals surface area contributed by atoms with Crippen molar-refractivity contribution in [3.63, 3.8) is 0 Å². The van der Waals surface area contributed by atoms with E-state index in [1.807, 2.05) is 0 Å². The fourth-order valence-electron chi connectivity index (χ4n) is 2.31. The van der Waals surface area contributed by atoms with E-state index in [9.17, 15) is 9.90 Å². The third-order valence-corrected chi connectivity index (χ3v) is 3.19. The number of aromatic nitrogens is 2. The molecular formula is C12H13N3O3. The Labute approximate surface area is 103 Å². The number of fused-ring (bicyclic) bond motifs is 1. The predicted molar refractivity (Wildman–Crippen MR) is 64.7 cm³/mol. The standard InChI is InChI=1S/C12H13N3O3/c13-8-1-3-15-9(5-8)10(12(16)17)14-11(15)7-2-4-18-6-7/h1,3,5,7H,2,4,6,13H2,(H,16,17). The van der Waals surface area contributed by atoms with Gasteiger partial charge in [-0.3, -0.25) is 0 Å². The van der Waals surface area contributed by atoms with Crippen LogP contribution in [-0.2, 0) is 4.74 Å². The lowest BCUT2D eigenvalue weighted by Gasteiger charge is -2.06. The van der Waals surface area contributed by atoms with E-state index in [0.29, 0.717) is 24.4 Å². The molecule has 0 spiro atoms. The van der Waals surface area contributed by atoms with Crippen LogP contribution in [0.4, 0.5) is 5.69 Å². The maximum Gasteiger partial charge on any atom is 0.356 e. The quantitative estimate of drug-likeness (QED) is 0.829. The molecule has 2 aromatic heterocycles. The van der Waals surface area contributed by atoms with E-state index in [1.165, 1.54) is 0 Å². The molecule has 3 N–H and O–H groups in total. The molecule has 0 amide bonds. The normalized spacial score (nSPS) is 19.4. The van der Waals surface area contributed by atoms with Crippen molar-refractivity contribution in [3.8, 4) is 0 Å². The number of carboxylic acid groups (broad SMARTS) is 1. The van der Waals surface area contributed by atoms with Crippen molar-refractivity contribution in [2.75, 3.05) is 18.9 Å². The largest absolute Gasteiger partial charge is 0.476 e. The van der Waals surface area contributed by atoms with Crippen LogP contribution in [0.15, 0.2) is 18.3 Å². The van der Waals surface area contributed by atoms with Gasteiger partial charge in [0.1, 0.15) is 5.82 Å². The molecule has 3 heterocycles. The number of ether oxygens (including phenoxy) is 1. The second-order valence-electron chi connectivity index (χ2n) is 4.40. The van der Waals surface area contributed by atoms with Gasteiger partial charge in [0.15, 0.2) is 5.69 Å². The van der Waals surface area contributed by atoms with Crippen LogP contribution >= 0.6 is 0 Å². The van der Waals surface area contributed by atoms with Crippen molar-refractivity contribution >= 4 is 17.2 Å². The SMILES string of the molecule is Nc1ccn2c(C3CCOC3)nc(C(=O)O)c2c1. The summed E-state index contributed by atoms with van der Waals surface area (Å²) in [7, 11) is 0. The van der Waals surface area contributed by atoms with E-state index in [4.69, 9.17) is 10.5 Å². The molecule has 0 aliphatic carbocycles. The fraction of sp³-hybridized carbons (Fsp3) is 0.333. The number of carboxylic acids is 1. The van der Waals surface area contributed by atoms with Crippen LogP contribution in [-0.4, -0.2) is 33.7 Å². The number of hydrogen-bond donors (Lipinski definition) is 2. The summed E-state index contributed by atoms with van der Waals surface area (Å²) >= 11 is 0. The minimum Gasteiger partial charge on any atom is -0.476 e. The van der Waals surface area contributed by atoms with Gasteiger partial charge >= 0.3 is 5.97 Å². The number of pyridine rings is 1. The van der Waals surface area contributed by atoms with Crippen LogP contribution in [0.1, 0.15) is 28.7 Å². The first-order valence-corrected chi connectivity index (χ1v) is 5.75. The summed E-state index contributed by atoms with van der Waals surface area (Å²) in [6.07, 6.45) is 2.63. The van der Waals surface area contributed by atoms with Gasteiger partial charge < -0.3 is 20.0 Å². The second kappa shape index (κ2) is 3.99. The monoisotopic (exact) mass is 247 g/mol. The van der Waals surface area contributed by atoms with Gasteiger partial charge in [0.25, 0.3) is 0 Å². The number of carbonyl (C=O) groups is 1. The number of rotatable bonds is 2. The molecule has 3 rings (SSSR count). The Hall–Kier alpha value is -2.08. The number of nitrogen functional groups attached to an aromatic ring is 1. The molecule has 1 aliphatic heterocycles. The van der Waals surface area contributed by atoms with E-state index in [1.54, 1.807) is 22.7 Å². The molecule has 0 bridgehead atoms. The van der Waals surface area contributed by atoms with Gasteiger partial charge in [-0.05, 0) is 18.6 Å². The highest BCUT2D eigenvalue weighted by molar-refractivity contribution is 5.94. The summed E-state index contributed by atoms with van der Waals surface area (Å²) in [4.78, 5) is 15.4. The predicted octanol–water partition coefficient (Wildman–Crippen LogP) is 1.12. The number of nitrogens with two attached hydrogens (primary N) is 1. The fourth-order valence-corrected chi connectivity index (χ4v) is 2.31. The molecule has 6 heteroatoms. The van der Waals surface area contributed by atoms with Gasteiger partial charge in [-0.15, -0.1) is 0 Å². The van der Waals surface area contributed by atoms with Crippen LogP contribution in [0.25, 0.3) is 5.52 Å². The maximum atomic E-state index is 11.2. The van der Waals surface area contributed by atoms with Crippen molar-refractivity contribution < 1.29 is 14.6 Å². The zero-order valence-corrected chi connectivity index (χ0v) is 9.67. The average Bonchev–Trinajstić information content (AvgIpc) is 2.93. The van der Waals surface area contributed by atoms with Crippen molar-refractivity contribution in [2.24, 2.45) is 0 Å². The summed E-state index contributed by atoms with van der Waals surface area (Å²) in [5.41, 5.74) is 6.80. The Kier molecular flexibility index (Phi) is 2.45. The van der Waals surface area contributed by atoms with Gasteiger partial charge in [0.05, 0.1) is 12.1 Å². The molecule has 0 saturated carbocycles. The highest BCUT2D eigenvalue weighted by Gasteiger charge is 2.25. The Morgan fingerprint density at radius 3 is 3.11 bits per heavy atom. The van der Waals surface area contributed by atoms with Crippen LogP contribution in [0, 0.1) is 0 Å². The van der Waals surface area contributed by atoms with E-state index < -0.39 is 5.97 Å². The average molecular weight is 247 g/mol. The lowest BCUT2D eigenvalue weighted by Crippen LogP contribution is -2.04. The van der Waals surface area contributed by atoms with Crippen molar-refractivity contribution in [3.05, 3.63) is 29.8 Å². The highest BCUT2D eigenvalue weighted by Crippen LogP contribution is 2.27. The molecule has 1 aliphatic rings. The lowest BCUT2D eigenvalue weighted by atomic mass is 10.1. The Morgan fingerprint density at radius 1 is 1.61 bits per heavy atom. The third-order valence-electron chi connectivity index (χ3n) is 3.19. The molecule has 0 aromatic carbocycles. The van der Waals surface area contributed by atoms with Crippen molar-refractivity contribution in [1.82, 2.24) is 9.38 Å².